The van der Waals surface area contributed by atoms with Gasteiger partial charge in [-0.15, -0.1) is 0 Å². The zero-order valence-electron chi connectivity index (χ0n) is 22.8. The van der Waals surface area contributed by atoms with Crippen molar-refractivity contribution >= 4 is 23.4 Å². The molecule has 0 aliphatic carbocycles. The van der Waals surface area contributed by atoms with Crippen LogP contribution in [0.1, 0.15) is 29.7 Å². The molecule has 2 aliphatic heterocycles. The number of ether oxygens (including phenoxy) is 4. The lowest BCUT2D eigenvalue weighted by molar-refractivity contribution is -0.158. The molecule has 0 N–H and O–H groups in total. The first-order valence-electron chi connectivity index (χ1n) is 12.9. The quantitative estimate of drug-likeness (QED) is 0.185. The number of thiazole rings is 1. The predicted molar refractivity (Wildman–Crippen MR) is 146 cm³/mol. The van der Waals surface area contributed by atoms with Crippen LogP contribution in [0.2, 0.25) is 0 Å². The van der Waals surface area contributed by atoms with Crippen molar-refractivity contribution in [3.8, 4) is 17.2 Å². The van der Waals surface area contributed by atoms with Crippen LogP contribution in [0.25, 0.3) is 6.08 Å². The molecule has 222 valence electrons. The van der Waals surface area contributed by atoms with E-state index in [1.807, 2.05) is 0 Å². The molecule has 2 aliphatic rings. The number of nitrogens with zero attached hydrogens (tertiary/aromatic N) is 2. The average molecular weight is 615 g/mol. The van der Waals surface area contributed by atoms with Crippen LogP contribution in [0, 0.1) is 29.2 Å². The molecule has 3 heterocycles. The molecule has 3 atom stereocenters. The van der Waals surface area contributed by atoms with Gasteiger partial charge in [0.05, 0.1) is 24.8 Å². The molecule has 0 radical (unpaired) electrons. The number of carbonyl (C=O) groups is 1. The summed E-state index contributed by atoms with van der Waals surface area (Å²) < 4.78 is 79.0. The number of aromatic nitrogens is 1. The second-order valence-electron chi connectivity index (χ2n) is 9.98. The van der Waals surface area contributed by atoms with Crippen molar-refractivity contribution in [1.82, 2.24) is 4.57 Å². The SMILES string of the molecule is COC(=O)C1C2c3ccccc3OC1(C)N=c1s/c(=C\c3ccc(OC)c(COc4c(F)c(F)cc(F)c4F)c3)c(=O)n12. The highest BCUT2D eigenvalue weighted by Crippen LogP contribution is 2.47. The van der Waals surface area contributed by atoms with Gasteiger partial charge >= 0.3 is 5.97 Å². The molecular formula is C30H22F4N2O6S. The van der Waals surface area contributed by atoms with Crippen LogP contribution in [0.5, 0.6) is 17.2 Å². The predicted octanol–water partition coefficient (Wildman–Crippen LogP) is 4.00. The first-order chi connectivity index (χ1) is 20.6. The molecule has 43 heavy (non-hydrogen) atoms. The third-order valence-electron chi connectivity index (χ3n) is 7.38. The van der Waals surface area contributed by atoms with Crippen molar-refractivity contribution in [3.63, 3.8) is 0 Å². The van der Waals surface area contributed by atoms with E-state index >= 15 is 0 Å². The largest absolute Gasteiger partial charge is 0.496 e. The number of methoxy groups -OCH3 is 2. The van der Waals surface area contributed by atoms with Gasteiger partial charge in [-0.2, -0.15) is 8.78 Å². The summed E-state index contributed by atoms with van der Waals surface area (Å²) in [6.45, 7) is 1.16. The second-order valence-corrected chi connectivity index (χ2v) is 11.0. The van der Waals surface area contributed by atoms with Crippen LogP contribution in [-0.4, -0.2) is 30.5 Å². The van der Waals surface area contributed by atoms with E-state index in [2.05, 4.69) is 4.99 Å². The Balaban J connectivity index is 1.43. The van der Waals surface area contributed by atoms with E-state index in [0.29, 0.717) is 21.7 Å². The fourth-order valence-electron chi connectivity index (χ4n) is 5.41. The van der Waals surface area contributed by atoms with E-state index in [9.17, 15) is 27.2 Å². The first kappa shape index (κ1) is 28.5. The van der Waals surface area contributed by atoms with E-state index in [4.69, 9.17) is 18.9 Å². The molecule has 6 rings (SSSR count). The highest BCUT2D eigenvalue weighted by atomic mass is 32.1. The minimum atomic E-state index is -1.67. The maximum Gasteiger partial charge on any atom is 0.317 e. The topological polar surface area (TPSA) is 88.4 Å². The van der Waals surface area contributed by atoms with Gasteiger partial charge in [-0.05, 0) is 36.8 Å². The van der Waals surface area contributed by atoms with Crippen molar-refractivity contribution in [2.75, 3.05) is 14.2 Å². The fraction of sp³-hybridized carbons (Fsp3) is 0.233. The summed E-state index contributed by atoms with van der Waals surface area (Å²) in [5.41, 5.74) is -0.337. The zero-order valence-corrected chi connectivity index (χ0v) is 23.6. The molecule has 0 saturated heterocycles. The molecule has 3 aromatic carbocycles. The van der Waals surface area contributed by atoms with E-state index < -0.39 is 64.8 Å². The van der Waals surface area contributed by atoms with Crippen LogP contribution in [0.3, 0.4) is 0 Å². The molecular weight excluding hydrogens is 592 g/mol. The summed E-state index contributed by atoms with van der Waals surface area (Å²) in [6, 6.07) is 11.2. The molecule has 0 spiro atoms. The molecule has 2 bridgehead atoms. The lowest BCUT2D eigenvalue weighted by Gasteiger charge is -2.44. The minimum Gasteiger partial charge on any atom is -0.496 e. The normalized spacial score (nSPS) is 20.4. The smallest absolute Gasteiger partial charge is 0.317 e. The number of benzene rings is 3. The van der Waals surface area contributed by atoms with E-state index in [-0.39, 0.29) is 21.9 Å². The summed E-state index contributed by atoms with van der Waals surface area (Å²) in [7, 11) is 2.62. The number of carbonyl (C=O) groups excluding carboxylic acids is 1. The van der Waals surface area contributed by atoms with Crippen molar-refractivity contribution in [2.24, 2.45) is 10.9 Å². The number of para-hydroxylation sites is 1. The van der Waals surface area contributed by atoms with Gasteiger partial charge in [-0.3, -0.25) is 14.2 Å². The number of esters is 1. The standard InChI is InChI=1S/C30H22F4N2O6S/c1-30-22(28(38)40-3)25(16-6-4-5-7-20(16)42-30)36-27(37)21(43-29(36)35-30)11-14-8-9-19(39-2)15(10-14)13-41-26-23(33)17(31)12-18(32)24(26)34/h4-12,22,25H,13H2,1-3H3/b21-11-. The van der Waals surface area contributed by atoms with Crippen molar-refractivity contribution < 1.29 is 41.3 Å². The van der Waals surface area contributed by atoms with Gasteiger partial charge < -0.3 is 18.9 Å². The fourth-order valence-corrected chi connectivity index (χ4v) is 6.51. The highest BCUT2D eigenvalue weighted by molar-refractivity contribution is 7.07. The average Bonchev–Trinajstić information content (AvgIpc) is 3.28. The Bertz CT molecular complexity index is 1950. The Labute approximate surface area is 245 Å². The molecule has 3 unspecified atom stereocenters. The van der Waals surface area contributed by atoms with Crippen molar-refractivity contribution in [1.29, 1.82) is 0 Å². The summed E-state index contributed by atoms with van der Waals surface area (Å²) in [5, 5.41) is 0. The number of hydrogen-bond donors (Lipinski definition) is 0. The van der Waals surface area contributed by atoms with Gasteiger partial charge in [0, 0.05) is 17.2 Å². The maximum absolute atomic E-state index is 14.1. The van der Waals surface area contributed by atoms with Gasteiger partial charge in [0.2, 0.25) is 17.4 Å². The number of rotatable bonds is 6. The molecule has 4 aromatic rings. The second kappa shape index (κ2) is 10.6. The first-order valence-corrected chi connectivity index (χ1v) is 13.7. The maximum atomic E-state index is 14.1. The number of hydrogen-bond acceptors (Lipinski definition) is 8. The van der Waals surface area contributed by atoms with Gasteiger partial charge in [0.1, 0.15) is 24.0 Å². The Morgan fingerprint density at radius 1 is 1.09 bits per heavy atom. The lowest BCUT2D eigenvalue weighted by atomic mass is 9.81. The van der Waals surface area contributed by atoms with Crippen LogP contribution in [-0.2, 0) is 16.1 Å². The summed E-state index contributed by atoms with van der Waals surface area (Å²) in [6.07, 6.45) is 1.58. The van der Waals surface area contributed by atoms with Gasteiger partial charge in [-0.25, -0.2) is 13.8 Å². The van der Waals surface area contributed by atoms with Gasteiger partial charge in [0.25, 0.3) is 5.56 Å². The molecule has 0 saturated carbocycles. The Morgan fingerprint density at radius 3 is 2.51 bits per heavy atom. The number of fused-ring (bicyclic) bond motifs is 6. The van der Waals surface area contributed by atoms with Crippen molar-refractivity contribution in [2.45, 2.75) is 25.3 Å². The van der Waals surface area contributed by atoms with E-state index in [1.54, 1.807) is 55.5 Å². The van der Waals surface area contributed by atoms with Gasteiger partial charge in [-0.1, -0.05) is 35.6 Å². The Hall–Kier alpha value is -4.65. The third kappa shape index (κ3) is 4.63. The molecule has 1 aromatic heterocycles. The number of halogens is 4. The molecule has 13 heteroatoms. The van der Waals surface area contributed by atoms with E-state index in [0.717, 1.165) is 11.3 Å². The zero-order chi connectivity index (χ0) is 30.6. The lowest BCUT2D eigenvalue weighted by Crippen LogP contribution is -2.58. The van der Waals surface area contributed by atoms with Crippen LogP contribution in [0.15, 0.2) is 58.3 Å². The van der Waals surface area contributed by atoms with E-state index in [1.165, 1.54) is 18.8 Å². The Kier molecular flexibility index (Phi) is 6.99. The third-order valence-corrected chi connectivity index (χ3v) is 8.36. The Morgan fingerprint density at radius 2 is 1.81 bits per heavy atom. The summed E-state index contributed by atoms with van der Waals surface area (Å²) in [5.74, 6) is -8.49. The van der Waals surface area contributed by atoms with Crippen LogP contribution >= 0.6 is 11.3 Å². The molecule has 8 nitrogen and oxygen atoms in total. The van der Waals surface area contributed by atoms with Gasteiger partial charge in [0.15, 0.2) is 22.2 Å². The van der Waals surface area contributed by atoms with Crippen LogP contribution < -0.4 is 29.1 Å². The summed E-state index contributed by atoms with van der Waals surface area (Å²) >= 11 is 1.09. The van der Waals surface area contributed by atoms with Crippen LogP contribution in [0.4, 0.5) is 17.6 Å². The monoisotopic (exact) mass is 614 g/mol. The minimum absolute atomic E-state index is 0.0887. The molecule has 0 amide bonds. The summed E-state index contributed by atoms with van der Waals surface area (Å²) in [4.78, 5) is 31.8. The highest BCUT2D eigenvalue weighted by Gasteiger charge is 2.55. The van der Waals surface area contributed by atoms with Crippen molar-refractivity contribution in [3.05, 3.63) is 108 Å². The molecule has 0 fully saturated rings.